The molecular formula is C13H15FOS2. The van der Waals surface area contributed by atoms with Crippen molar-refractivity contribution in [3.63, 3.8) is 0 Å². The van der Waals surface area contributed by atoms with Gasteiger partial charge >= 0.3 is 0 Å². The van der Waals surface area contributed by atoms with Crippen LogP contribution in [-0.4, -0.2) is 27.8 Å². The normalized spacial score (nSPS) is 24.6. The molecule has 1 aromatic carbocycles. The molecule has 1 saturated heterocycles. The Hall–Kier alpha value is -0.480. The molecule has 0 aromatic heterocycles. The zero-order valence-corrected chi connectivity index (χ0v) is 11.3. The summed E-state index contributed by atoms with van der Waals surface area (Å²) < 4.78 is 13.5. The zero-order valence-electron chi connectivity index (χ0n) is 9.69. The van der Waals surface area contributed by atoms with Crippen molar-refractivity contribution >= 4 is 29.3 Å². The lowest BCUT2D eigenvalue weighted by Crippen LogP contribution is -2.32. The quantitative estimate of drug-likeness (QED) is 0.840. The summed E-state index contributed by atoms with van der Waals surface area (Å²) in [6.07, 6.45) is 0.217. The van der Waals surface area contributed by atoms with Gasteiger partial charge in [0, 0.05) is 23.2 Å². The number of Topliss-reactive ketones (excluding diaryl/α,β-unsaturated/α-hetero) is 1. The van der Waals surface area contributed by atoms with Gasteiger partial charge in [-0.15, -0.1) is 11.8 Å². The minimum absolute atomic E-state index is 0.0216. The highest BCUT2D eigenvalue weighted by molar-refractivity contribution is 8.07. The summed E-state index contributed by atoms with van der Waals surface area (Å²) in [5.74, 6) is 2.00. The highest BCUT2D eigenvalue weighted by atomic mass is 32.2. The Bertz CT molecular complexity index is 408. The lowest BCUT2D eigenvalue weighted by atomic mass is 10.1. The molecule has 1 aliphatic rings. The van der Waals surface area contributed by atoms with Crippen LogP contribution in [0.15, 0.2) is 24.3 Å². The van der Waals surface area contributed by atoms with E-state index in [0.717, 1.165) is 11.5 Å². The molecule has 2 atom stereocenters. The number of hydrogen-bond donors (Lipinski definition) is 0. The van der Waals surface area contributed by atoms with E-state index in [1.165, 1.54) is 6.07 Å². The maximum Gasteiger partial charge on any atom is 0.151 e. The molecule has 1 heterocycles. The lowest BCUT2D eigenvalue weighted by Gasteiger charge is -2.26. The Morgan fingerprint density at radius 3 is 2.76 bits per heavy atom. The molecule has 0 N–H and O–H groups in total. The maximum atomic E-state index is 13.5. The number of carbonyl (C=O) groups excluding carboxylic acids is 1. The van der Waals surface area contributed by atoms with Crippen LogP contribution >= 0.6 is 23.5 Å². The van der Waals surface area contributed by atoms with E-state index < -0.39 is 0 Å². The first kappa shape index (κ1) is 13.0. The fourth-order valence-corrected chi connectivity index (χ4v) is 4.65. The Morgan fingerprint density at radius 2 is 2.06 bits per heavy atom. The molecule has 4 heteroatoms. The van der Waals surface area contributed by atoms with Crippen LogP contribution in [0.2, 0.25) is 0 Å². The monoisotopic (exact) mass is 270 g/mol. The van der Waals surface area contributed by atoms with Crippen LogP contribution in [0.25, 0.3) is 0 Å². The molecule has 2 rings (SSSR count). The van der Waals surface area contributed by atoms with E-state index in [9.17, 15) is 9.18 Å². The average Bonchev–Trinajstić information content (AvgIpc) is 2.32. The molecule has 1 fully saturated rings. The first-order valence-corrected chi connectivity index (χ1v) is 7.77. The Morgan fingerprint density at radius 1 is 1.35 bits per heavy atom. The van der Waals surface area contributed by atoms with Crippen LogP contribution in [0.4, 0.5) is 4.39 Å². The van der Waals surface area contributed by atoms with E-state index in [2.05, 4.69) is 6.92 Å². The summed E-state index contributed by atoms with van der Waals surface area (Å²) in [6.45, 7) is 2.08. The zero-order chi connectivity index (χ0) is 12.3. The summed E-state index contributed by atoms with van der Waals surface area (Å²) in [6, 6.07) is 6.53. The maximum absolute atomic E-state index is 13.5. The van der Waals surface area contributed by atoms with Crippen molar-refractivity contribution in [2.75, 3.05) is 11.5 Å². The smallest absolute Gasteiger partial charge is 0.151 e. The van der Waals surface area contributed by atoms with Crippen LogP contribution < -0.4 is 0 Å². The second-order valence-corrected chi connectivity index (χ2v) is 6.84. The van der Waals surface area contributed by atoms with E-state index in [1.807, 2.05) is 11.8 Å². The van der Waals surface area contributed by atoms with Gasteiger partial charge in [0.1, 0.15) is 5.82 Å². The number of rotatable bonds is 3. The van der Waals surface area contributed by atoms with Gasteiger partial charge in [0.05, 0.1) is 5.25 Å². The van der Waals surface area contributed by atoms with Crippen LogP contribution in [0.3, 0.4) is 0 Å². The third-order valence-electron chi connectivity index (χ3n) is 2.83. The molecule has 0 bridgehead atoms. The number of ketones is 1. The molecule has 0 radical (unpaired) electrons. The predicted octanol–water partition coefficient (Wildman–Crippen LogP) is 3.17. The first-order chi connectivity index (χ1) is 8.18. The van der Waals surface area contributed by atoms with Gasteiger partial charge in [-0.3, -0.25) is 4.79 Å². The van der Waals surface area contributed by atoms with E-state index in [0.29, 0.717) is 10.8 Å². The van der Waals surface area contributed by atoms with Gasteiger partial charge in [0.15, 0.2) is 5.78 Å². The largest absolute Gasteiger partial charge is 0.298 e. The first-order valence-electron chi connectivity index (χ1n) is 5.68. The van der Waals surface area contributed by atoms with Gasteiger partial charge in [-0.05, 0) is 11.6 Å². The van der Waals surface area contributed by atoms with Crippen molar-refractivity contribution in [3.05, 3.63) is 35.6 Å². The fraction of sp³-hybridized carbons (Fsp3) is 0.462. The SMILES string of the molecule is CC1SCCSC1C(=O)Cc1ccccc1F. The minimum Gasteiger partial charge on any atom is -0.298 e. The van der Waals surface area contributed by atoms with Crippen LogP contribution in [-0.2, 0) is 11.2 Å². The molecule has 0 saturated carbocycles. The number of halogens is 1. The summed E-state index contributed by atoms with van der Waals surface area (Å²) in [5, 5.41) is 0.362. The van der Waals surface area contributed by atoms with Crippen molar-refractivity contribution < 1.29 is 9.18 Å². The Kier molecular flexibility index (Phi) is 4.51. The van der Waals surface area contributed by atoms with Crippen molar-refractivity contribution in [3.8, 4) is 0 Å². The van der Waals surface area contributed by atoms with Crippen molar-refractivity contribution in [2.45, 2.75) is 23.8 Å². The standard InChI is InChI=1S/C13H15FOS2/c1-9-13(17-7-6-16-9)12(15)8-10-4-2-3-5-11(10)14/h2-5,9,13H,6-8H2,1H3. The van der Waals surface area contributed by atoms with Crippen molar-refractivity contribution in [1.29, 1.82) is 0 Å². The molecule has 0 spiro atoms. The van der Waals surface area contributed by atoms with E-state index >= 15 is 0 Å². The molecule has 0 aliphatic carbocycles. The third-order valence-corrected chi connectivity index (χ3v) is 5.97. The fourth-order valence-electron chi connectivity index (χ4n) is 1.92. The van der Waals surface area contributed by atoms with Crippen LogP contribution in [0.1, 0.15) is 12.5 Å². The molecule has 1 nitrogen and oxygen atoms in total. The topological polar surface area (TPSA) is 17.1 Å². The Labute approximate surface area is 110 Å². The van der Waals surface area contributed by atoms with E-state index in [-0.39, 0.29) is 23.3 Å². The Balaban J connectivity index is 2.03. The van der Waals surface area contributed by atoms with E-state index in [1.54, 1.807) is 30.0 Å². The average molecular weight is 270 g/mol. The number of benzene rings is 1. The summed E-state index contributed by atoms with van der Waals surface area (Å²) >= 11 is 3.55. The number of thioether (sulfide) groups is 2. The second-order valence-electron chi connectivity index (χ2n) is 4.10. The number of hydrogen-bond acceptors (Lipinski definition) is 3. The van der Waals surface area contributed by atoms with Gasteiger partial charge in [-0.1, -0.05) is 25.1 Å². The lowest BCUT2D eigenvalue weighted by molar-refractivity contribution is -0.117. The molecule has 17 heavy (non-hydrogen) atoms. The summed E-state index contributed by atoms with van der Waals surface area (Å²) in [4.78, 5) is 12.1. The number of carbonyl (C=O) groups is 1. The molecular weight excluding hydrogens is 255 g/mol. The van der Waals surface area contributed by atoms with Crippen molar-refractivity contribution in [1.82, 2.24) is 0 Å². The highest BCUT2D eigenvalue weighted by Crippen LogP contribution is 2.32. The van der Waals surface area contributed by atoms with Gasteiger partial charge in [0.25, 0.3) is 0 Å². The van der Waals surface area contributed by atoms with Crippen molar-refractivity contribution in [2.24, 2.45) is 0 Å². The molecule has 92 valence electrons. The van der Waals surface area contributed by atoms with Gasteiger partial charge < -0.3 is 0 Å². The van der Waals surface area contributed by atoms with Crippen LogP contribution in [0, 0.1) is 5.82 Å². The molecule has 0 amide bonds. The van der Waals surface area contributed by atoms with Gasteiger partial charge in [0.2, 0.25) is 0 Å². The molecule has 1 aliphatic heterocycles. The van der Waals surface area contributed by atoms with Crippen LogP contribution in [0.5, 0.6) is 0 Å². The predicted molar refractivity (Wildman–Crippen MR) is 73.3 cm³/mol. The van der Waals surface area contributed by atoms with Gasteiger partial charge in [-0.25, -0.2) is 4.39 Å². The second kappa shape index (κ2) is 5.91. The molecule has 1 aromatic rings. The van der Waals surface area contributed by atoms with E-state index in [4.69, 9.17) is 0 Å². The summed E-state index contributed by atoms with van der Waals surface area (Å²) in [5.41, 5.74) is 0.515. The van der Waals surface area contributed by atoms with Gasteiger partial charge in [-0.2, -0.15) is 11.8 Å². The molecule has 2 unspecified atom stereocenters. The summed E-state index contributed by atoms with van der Waals surface area (Å²) in [7, 11) is 0. The minimum atomic E-state index is -0.276. The highest BCUT2D eigenvalue weighted by Gasteiger charge is 2.29. The third kappa shape index (κ3) is 3.26.